The highest BCUT2D eigenvalue weighted by Gasteiger charge is 2.20. The summed E-state index contributed by atoms with van der Waals surface area (Å²) in [4.78, 5) is 12.5. The van der Waals surface area contributed by atoms with Crippen LogP contribution >= 0.6 is 11.3 Å². The maximum atomic E-state index is 11.8. The second-order valence-corrected chi connectivity index (χ2v) is 4.88. The molecule has 1 amide bonds. The van der Waals surface area contributed by atoms with Crippen LogP contribution in [-0.4, -0.2) is 31.8 Å². The average Bonchev–Trinajstić information content (AvgIpc) is 2.91. The summed E-state index contributed by atoms with van der Waals surface area (Å²) in [6, 6.07) is 0.321. The first-order valence-electron chi connectivity index (χ1n) is 5.30. The van der Waals surface area contributed by atoms with Gasteiger partial charge in [-0.05, 0) is 12.8 Å². The van der Waals surface area contributed by atoms with Gasteiger partial charge in [0.1, 0.15) is 6.33 Å². The molecule has 0 aromatic carbocycles. The molecule has 0 radical (unpaired) electrons. The second-order valence-electron chi connectivity index (χ2n) is 3.92. The van der Waals surface area contributed by atoms with Crippen molar-refractivity contribution < 1.29 is 4.79 Å². The van der Waals surface area contributed by atoms with Crippen LogP contribution in [0.15, 0.2) is 6.33 Å². The number of nitrogens with one attached hydrogen (secondary N) is 1. The summed E-state index contributed by atoms with van der Waals surface area (Å²) < 4.78 is 1.52. The van der Waals surface area contributed by atoms with Gasteiger partial charge in [-0.3, -0.25) is 4.79 Å². The van der Waals surface area contributed by atoms with E-state index in [0.29, 0.717) is 16.0 Å². The van der Waals surface area contributed by atoms with E-state index in [-0.39, 0.29) is 5.91 Å². The van der Waals surface area contributed by atoms with Crippen LogP contribution < -0.4 is 5.32 Å². The van der Waals surface area contributed by atoms with Crippen molar-refractivity contribution in [2.24, 2.45) is 0 Å². The van der Waals surface area contributed by atoms with Gasteiger partial charge in [0.15, 0.2) is 0 Å². The van der Waals surface area contributed by atoms with Gasteiger partial charge in [0.05, 0.1) is 0 Å². The first kappa shape index (κ1) is 9.71. The van der Waals surface area contributed by atoms with Crippen molar-refractivity contribution in [2.75, 3.05) is 0 Å². The lowest BCUT2D eigenvalue weighted by Crippen LogP contribution is -2.32. The summed E-state index contributed by atoms with van der Waals surface area (Å²) >= 11 is 1.26. The van der Waals surface area contributed by atoms with E-state index in [4.69, 9.17) is 0 Å². The monoisotopic (exact) mass is 237 g/mol. The quantitative estimate of drug-likeness (QED) is 0.840. The Kier molecular flexibility index (Phi) is 2.32. The van der Waals surface area contributed by atoms with Crippen LogP contribution in [0.2, 0.25) is 0 Å². The van der Waals surface area contributed by atoms with E-state index in [1.807, 2.05) is 0 Å². The minimum absolute atomic E-state index is 0.0950. The van der Waals surface area contributed by atoms with Crippen LogP contribution in [-0.2, 0) is 0 Å². The van der Waals surface area contributed by atoms with Gasteiger partial charge in [-0.15, -0.1) is 15.3 Å². The lowest BCUT2D eigenvalue weighted by Gasteiger charge is -2.09. The van der Waals surface area contributed by atoms with E-state index in [1.165, 1.54) is 35.0 Å². The van der Waals surface area contributed by atoms with Crippen LogP contribution in [0, 0.1) is 0 Å². The standard InChI is InChI=1S/C9H11N5OS/c15-7(11-6-3-1-2-4-6)8-13-14-5-10-12-9(14)16-8/h5-6H,1-4H2,(H,11,15). The highest BCUT2D eigenvalue weighted by atomic mass is 32.1. The molecule has 1 saturated carbocycles. The van der Waals surface area contributed by atoms with Crippen LogP contribution in [0.3, 0.4) is 0 Å². The number of nitrogens with zero attached hydrogens (tertiary/aromatic N) is 4. The molecule has 0 unspecified atom stereocenters. The number of fused-ring (bicyclic) bond motifs is 1. The predicted octanol–water partition coefficient (Wildman–Crippen LogP) is 0.858. The molecule has 6 nitrogen and oxygen atoms in total. The number of hydrogen-bond acceptors (Lipinski definition) is 5. The fourth-order valence-corrected chi connectivity index (χ4v) is 2.69. The van der Waals surface area contributed by atoms with E-state index in [9.17, 15) is 4.79 Å². The van der Waals surface area contributed by atoms with E-state index in [0.717, 1.165) is 12.8 Å². The number of carbonyl (C=O) groups is 1. The smallest absolute Gasteiger partial charge is 0.282 e. The predicted molar refractivity (Wildman–Crippen MR) is 58.4 cm³/mol. The molecule has 1 N–H and O–H groups in total. The molecule has 2 aromatic rings. The molecule has 0 spiro atoms. The molecular formula is C9H11N5OS. The largest absolute Gasteiger partial charge is 0.347 e. The highest BCUT2D eigenvalue weighted by Crippen LogP contribution is 2.19. The van der Waals surface area contributed by atoms with E-state index < -0.39 is 0 Å². The minimum Gasteiger partial charge on any atom is -0.347 e. The van der Waals surface area contributed by atoms with Crippen LogP contribution in [0.4, 0.5) is 0 Å². The molecule has 16 heavy (non-hydrogen) atoms. The van der Waals surface area contributed by atoms with Crippen molar-refractivity contribution in [3.8, 4) is 0 Å². The van der Waals surface area contributed by atoms with Crippen LogP contribution in [0.1, 0.15) is 35.5 Å². The van der Waals surface area contributed by atoms with E-state index in [1.54, 1.807) is 0 Å². The van der Waals surface area contributed by atoms with E-state index >= 15 is 0 Å². The molecule has 1 fully saturated rings. The van der Waals surface area contributed by atoms with Gasteiger partial charge in [-0.1, -0.05) is 24.2 Å². The first-order valence-corrected chi connectivity index (χ1v) is 6.12. The fraction of sp³-hybridized carbons (Fsp3) is 0.556. The van der Waals surface area contributed by atoms with Gasteiger partial charge >= 0.3 is 0 Å². The Labute approximate surface area is 95.7 Å². The van der Waals surface area contributed by atoms with Gasteiger partial charge in [-0.2, -0.15) is 4.52 Å². The number of amides is 1. The number of carbonyl (C=O) groups excluding carboxylic acids is 1. The molecule has 0 bridgehead atoms. The van der Waals surface area contributed by atoms with Gasteiger partial charge in [0.2, 0.25) is 9.97 Å². The highest BCUT2D eigenvalue weighted by molar-refractivity contribution is 7.18. The topological polar surface area (TPSA) is 72.2 Å². The van der Waals surface area contributed by atoms with Crippen LogP contribution in [0.5, 0.6) is 0 Å². The van der Waals surface area contributed by atoms with E-state index in [2.05, 4.69) is 20.6 Å². The Balaban J connectivity index is 1.76. The summed E-state index contributed by atoms with van der Waals surface area (Å²) in [6.45, 7) is 0. The third-order valence-corrected chi connectivity index (χ3v) is 3.68. The number of rotatable bonds is 2. The van der Waals surface area contributed by atoms with Gasteiger partial charge < -0.3 is 5.32 Å². The zero-order chi connectivity index (χ0) is 11.0. The maximum absolute atomic E-state index is 11.8. The third kappa shape index (κ3) is 1.67. The summed E-state index contributed by atoms with van der Waals surface area (Å²) in [5, 5.41) is 15.1. The molecule has 0 aliphatic heterocycles. The molecule has 84 valence electrons. The summed E-state index contributed by atoms with van der Waals surface area (Å²) in [5.41, 5.74) is 0. The lowest BCUT2D eigenvalue weighted by molar-refractivity contribution is 0.0936. The molecule has 2 heterocycles. The first-order chi connectivity index (χ1) is 7.83. The number of aromatic nitrogens is 4. The van der Waals surface area contributed by atoms with Crippen molar-refractivity contribution in [1.29, 1.82) is 0 Å². The van der Waals surface area contributed by atoms with Gasteiger partial charge in [0.25, 0.3) is 5.91 Å². The molecule has 2 aromatic heterocycles. The summed E-state index contributed by atoms with van der Waals surface area (Å²) in [5.74, 6) is -0.0950. The third-order valence-electron chi connectivity index (χ3n) is 2.77. The molecule has 1 aliphatic carbocycles. The van der Waals surface area contributed by atoms with Gasteiger partial charge in [0, 0.05) is 6.04 Å². The van der Waals surface area contributed by atoms with Gasteiger partial charge in [-0.25, -0.2) is 0 Å². The molecule has 0 saturated heterocycles. The average molecular weight is 237 g/mol. The Hall–Kier alpha value is -1.50. The molecule has 1 aliphatic rings. The fourth-order valence-electron chi connectivity index (χ4n) is 1.97. The van der Waals surface area contributed by atoms with Crippen LogP contribution in [0.25, 0.3) is 4.96 Å². The second kappa shape index (κ2) is 3.82. The molecule has 3 rings (SSSR count). The van der Waals surface area contributed by atoms with Crippen molar-refractivity contribution in [3.63, 3.8) is 0 Å². The number of hydrogen-bond donors (Lipinski definition) is 1. The Morgan fingerprint density at radius 2 is 2.31 bits per heavy atom. The molecular weight excluding hydrogens is 226 g/mol. The SMILES string of the molecule is O=C(NC1CCCC1)c1nn2cnnc2s1. The van der Waals surface area contributed by atoms with Crippen molar-refractivity contribution in [2.45, 2.75) is 31.7 Å². The van der Waals surface area contributed by atoms with Crippen molar-refractivity contribution >= 4 is 22.2 Å². The van der Waals surface area contributed by atoms with Crippen molar-refractivity contribution in [3.05, 3.63) is 11.3 Å². The lowest BCUT2D eigenvalue weighted by atomic mass is 10.2. The van der Waals surface area contributed by atoms with Crippen molar-refractivity contribution in [1.82, 2.24) is 25.1 Å². The summed E-state index contributed by atoms with van der Waals surface area (Å²) in [7, 11) is 0. The normalized spacial score (nSPS) is 17.0. The maximum Gasteiger partial charge on any atom is 0.282 e. The molecule has 7 heteroatoms. The summed E-state index contributed by atoms with van der Waals surface area (Å²) in [6.07, 6.45) is 6.07. The Morgan fingerprint density at radius 1 is 1.50 bits per heavy atom. The Morgan fingerprint density at radius 3 is 3.06 bits per heavy atom. The Bertz CT molecular complexity index is 484. The minimum atomic E-state index is -0.0950. The zero-order valence-electron chi connectivity index (χ0n) is 8.59. The molecule has 0 atom stereocenters. The zero-order valence-corrected chi connectivity index (χ0v) is 9.40.